The summed E-state index contributed by atoms with van der Waals surface area (Å²) in [5, 5.41) is 20.1. The number of rotatable bonds is 15. The van der Waals surface area contributed by atoms with E-state index in [-0.39, 0.29) is 36.7 Å². The highest BCUT2D eigenvalue weighted by Gasteiger charge is 2.33. The highest BCUT2D eigenvalue weighted by atomic mass is 32.2. The van der Waals surface area contributed by atoms with Crippen LogP contribution >= 0.6 is 11.8 Å². The molecule has 1 aliphatic heterocycles. The third kappa shape index (κ3) is 10.2. The number of aryl methyl sites for hydroxylation is 1. The molecule has 0 aliphatic carbocycles. The van der Waals surface area contributed by atoms with E-state index in [1.807, 2.05) is 104 Å². The molecule has 1 saturated heterocycles. The van der Waals surface area contributed by atoms with E-state index in [9.17, 15) is 18.3 Å². The van der Waals surface area contributed by atoms with Crippen molar-refractivity contribution in [3.63, 3.8) is 0 Å². The first-order chi connectivity index (χ1) is 27.2. The highest BCUT2D eigenvalue weighted by Crippen LogP contribution is 2.40. The van der Waals surface area contributed by atoms with Gasteiger partial charge in [-0.15, -0.1) is 0 Å². The molecule has 1 aliphatic rings. The number of thioether (sulfide) groups is 1. The molecule has 11 nitrogen and oxygen atoms in total. The smallest absolute Gasteiger partial charge is 0.241 e. The SMILES string of the molecule is Cc1ccc(S(=O)(=O)N[C@H](Cc2ccccc2)C(=O)NCc2cccc(-c3cccc([C@@H]4O[C@H](CSc5ncn[nH]5)C[C@H](c5ccc(CO)cc5)O4)c3)c2)cc1. The number of H-pyrrole nitrogens is 1. The number of aliphatic hydroxyl groups is 1. The fourth-order valence-electron chi connectivity index (χ4n) is 6.51. The molecule has 6 aromatic rings. The number of benzene rings is 5. The van der Waals surface area contributed by atoms with Gasteiger partial charge in [-0.3, -0.25) is 9.89 Å². The first-order valence-electron chi connectivity index (χ1n) is 18.3. The first-order valence-corrected chi connectivity index (χ1v) is 20.8. The largest absolute Gasteiger partial charge is 0.392 e. The molecule has 0 spiro atoms. The molecule has 4 atom stereocenters. The van der Waals surface area contributed by atoms with Gasteiger partial charge in [-0.2, -0.15) is 9.82 Å². The number of sulfonamides is 1. The fraction of sp³-hybridized carbons (Fsp3) is 0.233. The Morgan fingerprint density at radius 3 is 2.32 bits per heavy atom. The molecule has 0 saturated carbocycles. The van der Waals surface area contributed by atoms with Crippen molar-refractivity contribution in [2.45, 2.75) is 67.5 Å². The number of aromatic amines is 1. The summed E-state index contributed by atoms with van der Waals surface area (Å²) in [5.41, 5.74) is 7.19. The number of carbonyl (C=O) groups excluding carboxylic acids is 1. The van der Waals surface area contributed by atoms with Crippen LogP contribution in [0.3, 0.4) is 0 Å². The van der Waals surface area contributed by atoms with Gasteiger partial charge in [0.05, 0.1) is 23.7 Å². The second-order valence-electron chi connectivity index (χ2n) is 13.7. The van der Waals surface area contributed by atoms with Crippen molar-refractivity contribution in [2.75, 3.05) is 5.75 Å². The number of carbonyl (C=O) groups is 1. The zero-order valence-corrected chi connectivity index (χ0v) is 32.4. The lowest BCUT2D eigenvalue weighted by Gasteiger charge is -2.36. The maximum Gasteiger partial charge on any atom is 0.241 e. The van der Waals surface area contributed by atoms with Gasteiger partial charge in [0.2, 0.25) is 15.9 Å². The Labute approximate surface area is 331 Å². The maximum atomic E-state index is 13.7. The molecule has 1 aromatic heterocycles. The summed E-state index contributed by atoms with van der Waals surface area (Å²) in [4.78, 5) is 18.0. The Morgan fingerprint density at radius 2 is 1.59 bits per heavy atom. The summed E-state index contributed by atoms with van der Waals surface area (Å²) in [6.07, 6.45) is 1.29. The summed E-state index contributed by atoms with van der Waals surface area (Å²) < 4.78 is 42.5. The summed E-state index contributed by atoms with van der Waals surface area (Å²) in [7, 11) is -3.97. The van der Waals surface area contributed by atoms with Crippen LogP contribution in [0.25, 0.3) is 11.1 Å². The van der Waals surface area contributed by atoms with Crippen LogP contribution in [0.4, 0.5) is 0 Å². The molecule has 56 heavy (non-hydrogen) atoms. The van der Waals surface area contributed by atoms with E-state index in [2.05, 4.69) is 31.3 Å². The third-order valence-corrected chi connectivity index (χ3v) is 12.0. The van der Waals surface area contributed by atoms with Crippen molar-refractivity contribution in [2.24, 2.45) is 0 Å². The minimum absolute atomic E-state index is 0.0286. The van der Waals surface area contributed by atoms with Crippen LogP contribution in [0.15, 0.2) is 144 Å². The van der Waals surface area contributed by atoms with Crippen LogP contribution in [0.5, 0.6) is 0 Å². The van der Waals surface area contributed by atoms with Gasteiger partial charge in [0.15, 0.2) is 11.4 Å². The number of nitrogens with one attached hydrogen (secondary N) is 3. The average molecular weight is 790 g/mol. The third-order valence-electron chi connectivity index (χ3n) is 9.53. The lowest BCUT2D eigenvalue weighted by atomic mass is 9.99. The van der Waals surface area contributed by atoms with Crippen molar-refractivity contribution in [3.05, 3.63) is 167 Å². The molecular formula is C43H43N5O6S2. The van der Waals surface area contributed by atoms with Crippen molar-refractivity contribution >= 4 is 27.7 Å². The van der Waals surface area contributed by atoms with Gasteiger partial charge < -0.3 is 19.9 Å². The van der Waals surface area contributed by atoms with Gasteiger partial charge in [0.25, 0.3) is 0 Å². The topological polar surface area (TPSA) is 156 Å². The Morgan fingerprint density at radius 1 is 0.857 bits per heavy atom. The molecule has 7 rings (SSSR count). The quantitative estimate of drug-likeness (QED) is 0.0821. The van der Waals surface area contributed by atoms with Crippen molar-refractivity contribution < 1.29 is 27.8 Å². The van der Waals surface area contributed by atoms with E-state index in [1.54, 1.807) is 12.1 Å². The van der Waals surface area contributed by atoms with Gasteiger partial charge in [0, 0.05) is 24.3 Å². The Balaban J connectivity index is 1.06. The predicted octanol–water partition coefficient (Wildman–Crippen LogP) is 6.82. The van der Waals surface area contributed by atoms with Crippen molar-refractivity contribution in [1.29, 1.82) is 0 Å². The van der Waals surface area contributed by atoms with Crippen LogP contribution < -0.4 is 10.0 Å². The van der Waals surface area contributed by atoms with Crippen LogP contribution in [0.1, 0.15) is 52.2 Å². The zero-order chi connectivity index (χ0) is 38.9. The zero-order valence-electron chi connectivity index (χ0n) is 30.7. The van der Waals surface area contributed by atoms with Crippen LogP contribution in [0, 0.1) is 6.92 Å². The molecule has 0 radical (unpaired) electrons. The van der Waals surface area contributed by atoms with E-state index >= 15 is 0 Å². The first kappa shape index (κ1) is 39.1. The van der Waals surface area contributed by atoms with Gasteiger partial charge in [-0.1, -0.05) is 120 Å². The molecule has 288 valence electrons. The molecule has 1 fully saturated rings. The Hall–Kier alpha value is -5.15. The summed E-state index contributed by atoms with van der Waals surface area (Å²) in [5.74, 6) is 0.216. The minimum Gasteiger partial charge on any atom is -0.392 e. The van der Waals surface area contributed by atoms with Gasteiger partial charge in [-0.25, -0.2) is 13.4 Å². The minimum atomic E-state index is -3.97. The summed E-state index contributed by atoms with van der Waals surface area (Å²) in [6.45, 7) is 2.05. The number of aliphatic hydroxyl groups excluding tert-OH is 1. The number of amides is 1. The van der Waals surface area contributed by atoms with E-state index in [0.29, 0.717) is 17.3 Å². The van der Waals surface area contributed by atoms with E-state index in [1.165, 1.54) is 30.2 Å². The lowest BCUT2D eigenvalue weighted by Crippen LogP contribution is -2.47. The van der Waals surface area contributed by atoms with Gasteiger partial charge >= 0.3 is 0 Å². The molecule has 2 heterocycles. The normalized spacial score (nSPS) is 17.6. The molecule has 5 aromatic carbocycles. The Kier molecular flexibility index (Phi) is 12.7. The van der Waals surface area contributed by atoms with E-state index in [0.717, 1.165) is 44.5 Å². The molecule has 1 amide bonds. The second-order valence-corrected chi connectivity index (χ2v) is 16.4. The van der Waals surface area contributed by atoms with Crippen LogP contribution in [-0.4, -0.2) is 52.5 Å². The number of nitrogens with zero attached hydrogens (tertiary/aromatic N) is 2. The number of aromatic nitrogens is 3. The fourth-order valence-corrected chi connectivity index (χ4v) is 8.50. The van der Waals surface area contributed by atoms with Crippen LogP contribution in [-0.2, 0) is 43.9 Å². The molecular weight excluding hydrogens is 747 g/mol. The van der Waals surface area contributed by atoms with E-state index in [4.69, 9.17) is 9.47 Å². The van der Waals surface area contributed by atoms with Gasteiger partial charge in [-0.05, 0) is 71.0 Å². The Bertz CT molecular complexity index is 2310. The number of ether oxygens (including phenoxy) is 2. The molecule has 0 bridgehead atoms. The maximum absolute atomic E-state index is 13.7. The summed E-state index contributed by atoms with van der Waals surface area (Å²) in [6, 6.07) is 38.5. The monoisotopic (exact) mass is 789 g/mol. The highest BCUT2D eigenvalue weighted by molar-refractivity contribution is 7.99. The van der Waals surface area contributed by atoms with E-state index < -0.39 is 28.3 Å². The molecule has 0 unspecified atom stereocenters. The van der Waals surface area contributed by atoms with Gasteiger partial charge in [0.1, 0.15) is 12.4 Å². The standard InChI is InChI=1S/C43H43N5O6S2/c1-29-13-19-38(20-14-29)56(51,52)48-39(22-30-7-3-2-4-8-30)41(50)44-25-32-9-5-10-34(21-32)35-11-6-12-36(23-35)42-53-37(27-55-43-45-28-46-47-43)24-40(54-42)33-17-15-31(26-49)16-18-33/h2-21,23,28,37,39-40,42,48-49H,22,24-27H2,1H3,(H,44,50)(H,45,46,47)/t37-,39+,40+,42+/m0/s1. The number of hydrogen-bond donors (Lipinski definition) is 4. The molecule has 4 N–H and O–H groups in total. The predicted molar refractivity (Wildman–Crippen MR) is 215 cm³/mol. The average Bonchev–Trinajstić information content (AvgIpc) is 3.76. The van der Waals surface area contributed by atoms with Crippen LogP contribution in [0.2, 0.25) is 0 Å². The summed E-state index contributed by atoms with van der Waals surface area (Å²) >= 11 is 1.54. The lowest BCUT2D eigenvalue weighted by molar-refractivity contribution is -0.245. The van der Waals surface area contributed by atoms with Crippen molar-refractivity contribution in [3.8, 4) is 11.1 Å². The molecule has 13 heteroatoms. The van der Waals surface area contributed by atoms with Crippen molar-refractivity contribution in [1.82, 2.24) is 25.2 Å². The number of hydrogen-bond acceptors (Lipinski definition) is 9. The second kappa shape index (κ2) is 18.2.